The van der Waals surface area contributed by atoms with Gasteiger partial charge in [-0.1, -0.05) is 24.3 Å². The maximum atomic E-state index is 14.0. The third-order valence-corrected chi connectivity index (χ3v) is 10.6. The van der Waals surface area contributed by atoms with E-state index in [1.54, 1.807) is 27.9 Å². The highest BCUT2D eigenvalue weighted by molar-refractivity contribution is 7.91. The molecule has 3 aromatic rings. The van der Waals surface area contributed by atoms with Gasteiger partial charge in [0.15, 0.2) is 0 Å². The van der Waals surface area contributed by atoms with Gasteiger partial charge in [0, 0.05) is 23.3 Å². The molecule has 13 heteroatoms. The number of pyridine rings is 1. The van der Waals surface area contributed by atoms with Crippen molar-refractivity contribution in [2.75, 3.05) is 13.7 Å². The fourth-order valence-electron chi connectivity index (χ4n) is 6.00. The normalized spacial score (nSPS) is 23.7. The minimum absolute atomic E-state index is 0.00983. The van der Waals surface area contributed by atoms with Gasteiger partial charge in [-0.3, -0.25) is 19.2 Å². The molecular formula is C35H40N4O8S. The summed E-state index contributed by atoms with van der Waals surface area (Å²) in [5.41, 5.74) is -0.825. The minimum Gasteiger partial charge on any atom is -0.497 e. The third-order valence-electron chi connectivity index (χ3n) is 8.81. The van der Waals surface area contributed by atoms with Crippen LogP contribution in [0, 0.1) is 5.92 Å². The maximum absolute atomic E-state index is 14.0. The summed E-state index contributed by atoms with van der Waals surface area (Å²) >= 11 is 0. The lowest BCUT2D eigenvalue weighted by atomic mass is 10.1. The fourth-order valence-corrected chi connectivity index (χ4v) is 7.36. The number of hydrogen-bond donors (Lipinski definition) is 2. The van der Waals surface area contributed by atoms with Crippen molar-refractivity contribution in [1.29, 1.82) is 0 Å². The smallest absolute Gasteiger partial charge is 0.411 e. The highest BCUT2D eigenvalue weighted by atomic mass is 32.2. The number of nitrogens with one attached hydrogen (secondary N) is 2. The summed E-state index contributed by atoms with van der Waals surface area (Å²) in [6, 6.07) is 16.0. The second kappa shape index (κ2) is 12.4. The first-order valence-corrected chi connectivity index (χ1v) is 17.5. The Morgan fingerprint density at radius 1 is 1.08 bits per heavy atom. The Morgan fingerprint density at radius 2 is 1.79 bits per heavy atom. The third kappa shape index (κ3) is 6.82. The minimum atomic E-state index is -3.85. The topological polar surface area (TPSA) is 153 Å². The number of carbonyl (C=O) groups excluding carboxylic acids is 3. The Labute approximate surface area is 279 Å². The number of likely N-dealkylation sites (tertiary alicyclic amines) is 1. The van der Waals surface area contributed by atoms with Crippen LogP contribution in [0.5, 0.6) is 11.6 Å². The summed E-state index contributed by atoms with van der Waals surface area (Å²) < 4.78 is 44.7. The van der Waals surface area contributed by atoms with E-state index in [-0.39, 0.29) is 19.4 Å². The molecule has 0 radical (unpaired) electrons. The standard InChI is InChI=1S/C35H40N4O8S/c1-6-23-19-35(23,32(41)38-48(43,44)26-15-16-26)37-30(40)29-18-25(20-39(29)33(42)47-34(2,3)4)46-31-27-10-8-7-9-22(27)17-28(36-31)21-11-13-24(45-5)14-12-21/h6-14,17,23,25-26,29H,1,15-16,18-20H2,2-5H3,(H,37,40)(H,38,41)/t23-,25-,29+,35-/m1/s1. The molecule has 1 saturated heterocycles. The lowest BCUT2D eigenvalue weighted by Gasteiger charge is -2.29. The number of rotatable bonds is 10. The van der Waals surface area contributed by atoms with Crippen LogP contribution in [0.2, 0.25) is 0 Å². The first-order chi connectivity index (χ1) is 22.7. The number of benzene rings is 2. The van der Waals surface area contributed by atoms with Crippen molar-refractivity contribution in [2.45, 2.75) is 75.0 Å². The van der Waals surface area contributed by atoms with Gasteiger partial charge in [-0.25, -0.2) is 18.2 Å². The number of fused-ring (bicyclic) bond motifs is 1. The highest BCUT2D eigenvalue weighted by Crippen LogP contribution is 2.45. The van der Waals surface area contributed by atoms with E-state index < -0.39 is 62.4 Å². The molecule has 2 aromatic carbocycles. The molecule has 1 aromatic heterocycles. The number of hydrogen-bond acceptors (Lipinski definition) is 9. The van der Waals surface area contributed by atoms with Crippen molar-refractivity contribution in [3.8, 4) is 22.9 Å². The summed E-state index contributed by atoms with van der Waals surface area (Å²) in [6.07, 6.45) is 1.35. The highest BCUT2D eigenvalue weighted by Gasteiger charge is 2.62. The Balaban J connectivity index is 1.27. The monoisotopic (exact) mass is 676 g/mol. The predicted molar refractivity (Wildman–Crippen MR) is 179 cm³/mol. The van der Waals surface area contributed by atoms with Crippen molar-refractivity contribution in [3.05, 3.63) is 67.3 Å². The first kappa shape index (κ1) is 33.3. The summed E-state index contributed by atoms with van der Waals surface area (Å²) in [6.45, 7) is 8.94. The van der Waals surface area contributed by atoms with Gasteiger partial charge < -0.3 is 19.5 Å². The molecule has 1 aliphatic heterocycles. The van der Waals surface area contributed by atoms with Crippen LogP contribution in [-0.4, -0.2) is 78.4 Å². The zero-order chi connectivity index (χ0) is 34.4. The van der Waals surface area contributed by atoms with Gasteiger partial charge in [0.05, 0.1) is 24.6 Å². The summed E-state index contributed by atoms with van der Waals surface area (Å²) in [7, 11) is -2.25. The molecule has 2 saturated carbocycles. The van der Waals surface area contributed by atoms with E-state index in [1.807, 2.05) is 54.6 Å². The van der Waals surface area contributed by atoms with E-state index in [4.69, 9.17) is 19.2 Å². The zero-order valence-corrected chi connectivity index (χ0v) is 28.2. The summed E-state index contributed by atoms with van der Waals surface area (Å²) in [5, 5.41) is 3.81. The number of ether oxygens (including phenoxy) is 3. The van der Waals surface area contributed by atoms with Crippen LogP contribution in [0.1, 0.15) is 46.5 Å². The van der Waals surface area contributed by atoms with E-state index in [1.165, 1.54) is 11.0 Å². The largest absolute Gasteiger partial charge is 0.497 e. The number of amides is 3. The quantitative estimate of drug-likeness (QED) is 0.299. The van der Waals surface area contributed by atoms with Crippen molar-refractivity contribution in [1.82, 2.24) is 19.9 Å². The molecule has 254 valence electrons. The van der Waals surface area contributed by atoms with Crippen molar-refractivity contribution < 1.29 is 37.0 Å². The average molecular weight is 677 g/mol. The van der Waals surface area contributed by atoms with Crippen molar-refractivity contribution >= 4 is 38.7 Å². The Morgan fingerprint density at radius 3 is 2.42 bits per heavy atom. The molecule has 2 N–H and O–H groups in total. The molecule has 48 heavy (non-hydrogen) atoms. The maximum Gasteiger partial charge on any atom is 0.411 e. The van der Waals surface area contributed by atoms with Gasteiger partial charge in [0.2, 0.25) is 21.8 Å². The molecular weight excluding hydrogens is 636 g/mol. The van der Waals surface area contributed by atoms with Crippen LogP contribution in [0.3, 0.4) is 0 Å². The summed E-state index contributed by atoms with van der Waals surface area (Å²) in [5.74, 6) is -0.865. The Hall–Kier alpha value is -4.65. The first-order valence-electron chi connectivity index (χ1n) is 15.9. The van der Waals surface area contributed by atoms with Crippen LogP contribution in [-0.2, 0) is 24.3 Å². The zero-order valence-electron chi connectivity index (χ0n) is 27.4. The van der Waals surface area contributed by atoms with Gasteiger partial charge in [-0.2, -0.15) is 0 Å². The molecule has 4 atom stereocenters. The van der Waals surface area contributed by atoms with Gasteiger partial charge >= 0.3 is 6.09 Å². The Bertz CT molecular complexity index is 1870. The molecule has 0 unspecified atom stereocenters. The second-order valence-corrected chi connectivity index (χ2v) is 15.5. The van der Waals surface area contributed by atoms with E-state index in [0.29, 0.717) is 30.2 Å². The summed E-state index contributed by atoms with van der Waals surface area (Å²) in [4.78, 5) is 46.8. The number of carbonyl (C=O) groups is 3. The molecule has 3 amide bonds. The van der Waals surface area contributed by atoms with Crippen molar-refractivity contribution in [3.63, 3.8) is 0 Å². The molecule has 12 nitrogen and oxygen atoms in total. The molecule has 2 aliphatic carbocycles. The number of methoxy groups -OCH3 is 1. The van der Waals surface area contributed by atoms with E-state index in [9.17, 15) is 22.8 Å². The van der Waals surface area contributed by atoms with Crippen LogP contribution in [0.25, 0.3) is 22.0 Å². The molecule has 3 aliphatic rings. The Kier molecular flexibility index (Phi) is 8.61. The van der Waals surface area contributed by atoms with Gasteiger partial charge in [0.25, 0.3) is 5.91 Å². The van der Waals surface area contributed by atoms with E-state index >= 15 is 0 Å². The second-order valence-electron chi connectivity index (χ2n) is 13.6. The van der Waals surface area contributed by atoms with Gasteiger partial charge in [-0.15, -0.1) is 6.58 Å². The molecule has 0 bridgehead atoms. The average Bonchev–Trinajstić information content (AvgIpc) is 3.97. The van der Waals surface area contributed by atoms with Crippen LogP contribution in [0.15, 0.2) is 67.3 Å². The van der Waals surface area contributed by atoms with E-state index in [2.05, 4.69) is 16.6 Å². The van der Waals surface area contributed by atoms with Crippen LogP contribution in [0.4, 0.5) is 4.79 Å². The lowest BCUT2D eigenvalue weighted by Crippen LogP contribution is -2.56. The predicted octanol–water partition coefficient (Wildman–Crippen LogP) is 4.34. The fraction of sp³-hybridized carbons (Fsp3) is 0.429. The number of aromatic nitrogens is 1. The van der Waals surface area contributed by atoms with Gasteiger partial charge in [-0.05, 0) is 81.8 Å². The van der Waals surface area contributed by atoms with E-state index in [0.717, 1.165) is 16.3 Å². The SMILES string of the molecule is C=C[C@@H]1C[C@]1(NC(=O)[C@@H]1C[C@@H](Oc2nc(-c3ccc(OC)cc3)cc3ccccc23)CN1C(=O)OC(C)(C)C)C(=O)NS(=O)(=O)C1CC1. The van der Waals surface area contributed by atoms with Gasteiger partial charge in [0.1, 0.15) is 29.0 Å². The molecule has 6 rings (SSSR count). The molecule has 2 heterocycles. The van der Waals surface area contributed by atoms with Crippen LogP contribution < -0.4 is 19.5 Å². The number of nitrogens with zero attached hydrogens (tertiary/aromatic N) is 2. The molecule has 0 spiro atoms. The lowest BCUT2D eigenvalue weighted by molar-refractivity contribution is -0.131. The number of sulfonamides is 1. The molecule has 3 fully saturated rings. The van der Waals surface area contributed by atoms with Crippen molar-refractivity contribution in [2.24, 2.45) is 5.92 Å². The van der Waals surface area contributed by atoms with Crippen LogP contribution >= 0.6 is 0 Å².